The van der Waals surface area contributed by atoms with E-state index in [1.807, 2.05) is 0 Å². The van der Waals surface area contributed by atoms with Crippen molar-refractivity contribution >= 4 is 21.9 Å². The molecule has 1 N–H and O–H groups in total. The molecule has 0 radical (unpaired) electrons. The van der Waals surface area contributed by atoms with Gasteiger partial charge in [-0.15, -0.1) is 0 Å². The van der Waals surface area contributed by atoms with Gasteiger partial charge < -0.3 is 9.84 Å². The van der Waals surface area contributed by atoms with Crippen LogP contribution in [0, 0.1) is 5.82 Å². The Balaban J connectivity index is 2.71. The first-order valence-corrected chi connectivity index (χ1v) is 6.19. The van der Waals surface area contributed by atoms with Gasteiger partial charge in [-0.05, 0) is 17.7 Å². The Morgan fingerprint density at radius 1 is 1.56 bits per heavy atom. The van der Waals surface area contributed by atoms with Crippen LogP contribution in [0.4, 0.5) is 4.39 Å². The molecule has 0 unspecified atom stereocenters. The van der Waals surface area contributed by atoms with E-state index in [9.17, 15) is 9.18 Å². The lowest BCUT2D eigenvalue weighted by atomic mass is 10.2. The number of ether oxygens (including phenoxy) is 1. The van der Waals surface area contributed by atoms with Gasteiger partial charge in [0.15, 0.2) is 0 Å². The molecule has 0 saturated heterocycles. The Hall–Kier alpha value is -0.980. The van der Waals surface area contributed by atoms with Crippen LogP contribution in [0.1, 0.15) is 5.56 Å². The van der Waals surface area contributed by atoms with Gasteiger partial charge in [0.25, 0.3) is 0 Å². The molecule has 1 rings (SSSR count). The average molecular weight is 320 g/mol. The van der Waals surface area contributed by atoms with Crippen LogP contribution in [-0.2, 0) is 16.1 Å². The summed E-state index contributed by atoms with van der Waals surface area (Å²) in [7, 11) is 1.56. The number of rotatable bonds is 7. The third-order valence-corrected chi connectivity index (χ3v) is 3.12. The Labute approximate surface area is 113 Å². The smallest absolute Gasteiger partial charge is 0.317 e. The van der Waals surface area contributed by atoms with Gasteiger partial charge in [-0.3, -0.25) is 9.69 Å². The van der Waals surface area contributed by atoms with Gasteiger partial charge in [0.1, 0.15) is 5.82 Å². The first kappa shape index (κ1) is 15.1. The van der Waals surface area contributed by atoms with Crippen LogP contribution >= 0.6 is 15.9 Å². The zero-order valence-electron chi connectivity index (χ0n) is 10.0. The lowest BCUT2D eigenvalue weighted by Crippen LogP contribution is -2.32. The Kier molecular flexibility index (Phi) is 6.24. The van der Waals surface area contributed by atoms with E-state index in [1.54, 1.807) is 18.1 Å². The molecule has 1 aromatic carbocycles. The van der Waals surface area contributed by atoms with Crippen molar-refractivity contribution in [3.63, 3.8) is 0 Å². The van der Waals surface area contributed by atoms with Crippen LogP contribution in [0.25, 0.3) is 0 Å². The zero-order valence-corrected chi connectivity index (χ0v) is 11.6. The maximum atomic E-state index is 12.9. The van der Waals surface area contributed by atoms with E-state index in [4.69, 9.17) is 9.84 Å². The molecule has 0 saturated carbocycles. The molecule has 0 heterocycles. The fourth-order valence-electron chi connectivity index (χ4n) is 1.52. The highest BCUT2D eigenvalue weighted by atomic mass is 79.9. The summed E-state index contributed by atoms with van der Waals surface area (Å²) < 4.78 is 18.5. The number of halogens is 2. The summed E-state index contributed by atoms with van der Waals surface area (Å²) in [6, 6.07) is 4.36. The van der Waals surface area contributed by atoms with Crippen LogP contribution in [0.2, 0.25) is 0 Å². The van der Waals surface area contributed by atoms with Crippen LogP contribution in [0.5, 0.6) is 0 Å². The molecule has 1 aromatic rings. The topological polar surface area (TPSA) is 49.8 Å². The molecule has 0 aliphatic heterocycles. The first-order valence-electron chi connectivity index (χ1n) is 5.40. The summed E-state index contributed by atoms with van der Waals surface area (Å²) in [4.78, 5) is 12.5. The Morgan fingerprint density at radius 3 is 2.83 bits per heavy atom. The Morgan fingerprint density at radius 2 is 2.28 bits per heavy atom. The minimum atomic E-state index is -0.899. The lowest BCUT2D eigenvalue weighted by Gasteiger charge is -2.20. The van der Waals surface area contributed by atoms with Gasteiger partial charge >= 0.3 is 5.97 Å². The number of hydrogen-bond acceptors (Lipinski definition) is 3. The highest BCUT2D eigenvalue weighted by molar-refractivity contribution is 9.10. The number of aliphatic carboxylic acids is 1. The van der Waals surface area contributed by atoms with E-state index < -0.39 is 5.97 Å². The third kappa shape index (κ3) is 5.12. The summed E-state index contributed by atoms with van der Waals surface area (Å²) in [6.07, 6.45) is 0. The molecule has 4 nitrogen and oxygen atoms in total. The minimum Gasteiger partial charge on any atom is -0.480 e. The van der Waals surface area contributed by atoms with Crippen LogP contribution < -0.4 is 0 Å². The second-order valence-electron chi connectivity index (χ2n) is 3.83. The highest BCUT2D eigenvalue weighted by Gasteiger charge is 2.12. The number of carbonyl (C=O) groups is 1. The number of hydrogen-bond donors (Lipinski definition) is 1. The SMILES string of the molecule is COCCN(CC(=O)O)Cc1ccc(F)cc1Br. The van der Waals surface area contributed by atoms with Crippen LogP contribution in [-0.4, -0.2) is 42.8 Å². The lowest BCUT2D eigenvalue weighted by molar-refractivity contribution is -0.138. The fraction of sp³-hybridized carbons (Fsp3) is 0.417. The van der Waals surface area contributed by atoms with Crippen molar-refractivity contribution in [1.82, 2.24) is 4.90 Å². The fourth-order valence-corrected chi connectivity index (χ4v) is 1.99. The summed E-state index contributed by atoms with van der Waals surface area (Å²) in [5, 5.41) is 8.82. The van der Waals surface area contributed by atoms with Gasteiger partial charge in [-0.2, -0.15) is 0 Å². The second-order valence-corrected chi connectivity index (χ2v) is 4.69. The second kappa shape index (κ2) is 7.45. The molecule has 0 bridgehead atoms. The van der Waals surface area contributed by atoms with Gasteiger partial charge in [-0.25, -0.2) is 4.39 Å². The number of benzene rings is 1. The summed E-state index contributed by atoms with van der Waals surface area (Å²) in [6.45, 7) is 1.31. The largest absolute Gasteiger partial charge is 0.480 e. The number of methoxy groups -OCH3 is 1. The van der Waals surface area contributed by atoms with Crippen molar-refractivity contribution in [2.45, 2.75) is 6.54 Å². The predicted octanol–water partition coefficient (Wildman–Crippen LogP) is 2.12. The molecule has 0 aliphatic rings. The predicted molar refractivity (Wildman–Crippen MR) is 68.9 cm³/mol. The standard InChI is InChI=1S/C12H15BrFNO3/c1-18-5-4-15(8-12(16)17)7-9-2-3-10(14)6-11(9)13/h2-3,6H,4-5,7-8H2,1H3,(H,16,17). The van der Waals surface area contributed by atoms with Crippen molar-refractivity contribution in [2.24, 2.45) is 0 Å². The van der Waals surface area contributed by atoms with Crippen molar-refractivity contribution in [2.75, 3.05) is 26.8 Å². The molecular weight excluding hydrogens is 305 g/mol. The molecule has 0 amide bonds. The molecule has 0 atom stereocenters. The molecule has 0 aromatic heterocycles. The normalized spacial score (nSPS) is 10.9. The molecule has 100 valence electrons. The number of carboxylic acid groups (broad SMARTS) is 1. The maximum absolute atomic E-state index is 12.9. The zero-order chi connectivity index (χ0) is 13.5. The summed E-state index contributed by atoms with van der Waals surface area (Å²) in [5.41, 5.74) is 0.841. The quantitative estimate of drug-likeness (QED) is 0.836. The van der Waals surface area contributed by atoms with Crippen molar-refractivity contribution in [3.05, 3.63) is 34.1 Å². The first-order chi connectivity index (χ1) is 8.52. The van der Waals surface area contributed by atoms with E-state index in [2.05, 4.69) is 15.9 Å². The molecule has 6 heteroatoms. The molecular formula is C12H15BrFNO3. The van der Waals surface area contributed by atoms with Crippen LogP contribution in [0.3, 0.4) is 0 Å². The van der Waals surface area contributed by atoms with E-state index in [-0.39, 0.29) is 12.4 Å². The van der Waals surface area contributed by atoms with Crippen LogP contribution in [0.15, 0.2) is 22.7 Å². The van der Waals surface area contributed by atoms with Crippen molar-refractivity contribution in [1.29, 1.82) is 0 Å². The third-order valence-electron chi connectivity index (χ3n) is 2.38. The number of carboxylic acids is 1. The molecule has 0 spiro atoms. The van der Waals surface area contributed by atoms with Gasteiger partial charge in [0, 0.05) is 24.7 Å². The van der Waals surface area contributed by atoms with Gasteiger partial charge in [0.2, 0.25) is 0 Å². The maximum Gasteiger partial charge on any atom is 0.317 e. The monoisotopic (exact) mass is 319 g/mol. The minimum absolute atomic E-state index is 0.0762. The van der Waals surface area contributed by atoms with Crippen molar-refractivity contribution in [3.8, 4) is 0 Å². The van der Waals surface area contributed by atoms with Crippen molar-refractivity contribution < 1.29 is 19.0 Å². The highest BCUT2D eigenvalue weighted by Crippen LogP contribution is 2.19. The number of nitrogens with zero attached hydrogens (tertiary/aromatic N) is 1. The summed E-state index contributed by atoms with van der Waals surface area (Å²) in [5.74, 6) is -1.23. The molecule has 0 fully saturated rings. The average Bonchev–Trinajstić information content (AvgIpc) is 2.29. The summed E-state index contributed by atoms with van der Waals surface area (Å²) >= 11 is 3.26. The van der Waals surface area contributed by atoms with E-state index in [0.29, 0.717) is 24.2 Å². The molecule has 0 aliphatic carbocycles. The van der Waals surface area contributed by atoms with Gasteiger partial charge in [0.05, 0.1) is 13.2 Å². The van der Waals surface area contributed by atoms with Gasteiger partial charge in [-0.1, -0.05) is 22.0 Å². The molecule has 18 heavy (non-hydrogen) atoms. The van der Waals surface area contributed by atoms with E-state index >= 15 is 0 Å². The van der Waals surface area contributed by atoms with E-state index in [1.165, 1.54) is 12.1 Å². The Bertz CT molecular complexity index is 414. The van der Waals surface area contributed by atoms with E-state index in [0.717, 1.165) is 5.56 Å².